The van der Waals surface area contributed by atoms with E-state index in [0.717, 1.165) is 36.0 Å². The summed E-state index contributed by atoms with van der Waals surface area (Å²) in [5.41, 5.74) is 17.7. The van der Waals surface area contributed by atoms with E-state index in [1.165, 1.54) is 17.6 Å². The molecule has 1 aromatic carbocycles. The summed E-state index contributed by atoms with van der Waals surface area (Å²) in [6.45, 7) is 0. The average Bonchev–Trinajstić information content (AvgIpc) is 3.03. The highest BCUT2D eigenvalue weighted by Crippen LogP contribution is 2.36. The third-order valence-electron chi connectivity index (χ3n) is 4.06. The zero-order valence-corrected chi connectivity index (χ0v) is 12.1. The van der Waals surface area contributed by atoms with Crippen molar-refractivity contribution in [1.29, 1.82) is 0 Å². The molecule has 0 aliphatic heterocycles. The van der Waals surface area contributed by atoms with Crippen LogP contribution in [0, 0.1) is 0 Å². The van der Waals surface area contributed by atoms with Crippen molar-refractivity contribution in [3.05, 3.63) is 40.8 Å². The summed E-state index contributed by atoms with van der Waals surface area (Å²) in [4.78, 5) is 8.56. The lowest BCUT2D eigenvalue weighted by Gasteiger charge is -2.11. The number of benzene rings is 1. The summed E-state index contributed by atoms with van der Waals surface area (Å²) in [7, 11) is 0. The molecular formula is C15H14ClN5. The van der Waals surface area contributed by atoms with Gasteiger partial charge in [-0.3, -0.25) is 0 Å². The number of hydrogen-bond donors (Lipinski definition) is 2. The molecule has 0 spiro atoms. The van der Waals surface area contributed by atoms with Crippen LogP contribution < -0.4 is 11.5 Å². The summed E-state index contributed by atoms with van der Waals surface area (Å²) in [5, 5.41) is 0.538. The molecule has 0 atom stereocenters. The van der Waals surface area contributed by atoms with Gasteiger partial charge in [0.25, 0.3) is 0 Å². The molecule has 3 aromatic rings. The van der Waals surface area contributed by atoms with Gasteiger partial charge in [-0.05, 0) is 43.0 Å². The second-order valence-electron chi connectivity index (χ2n) is 5.28. The van der Waals surface area contributed by atoms with Gasteiger partial charge >= 0.3 is 0 Å². The maximum atomic E-state index is 6.17. The minimum Gasteiger partial charge on any atom is -0.398 e. The summed E-state index contributed by atoms with van der Waals surface area (Å²) < 4.78 is 2.12. The van der Waals surface area contributed by atoms with Gasteiger partial charge in [-0.1, -0.05) is 11.6 Å². The van der Waals surface area contributed by atoms with E-state index < -0.39 is 0 Å². The van der Waals surface area contributed by atoms with Crippen molar-refractivity contribution in [2.24, 2.45) is 0 Å². The Kier molecular flexibility index (Phi) is 2.59. The fourth-order valence-corrected chi connectivity index (χ4v) is 3.31. The summed E-state index contributed by atoms with van der Waals surface area (Å²) in [6, 6.07) is 5.62. The van der Waals surface area contributed by atoms with Gasteiger partial charge in [0.1, 0.15) is 11.8 Å². The predicted octanol–water partition coefficient (Wildman–Crippen LogP) is 2.73. The average molecular weight is 300 g/mol. The molecule has 0 radical (unpaired) electrons. The molecule has 6 heteroatoms. The van der Waals surface area contributed by atoms with E-state index in [1.807, 2.05) is 18.2 Å². The number of nitrogens with two attached hydrogens (primary N) is 2. The van der Waals surface area contributed by atoms with Crippen molar-refractivity contribution in [1.82, 2.24) is 14.5 Å². The Morgan fingerprint density at radius 1 is 1.14 bits per heavy atom. The maximum Gasteiger partial charge on any atom is 0.151 e. The van der Waals surface area contributed by atoms with Crippen molar-refractivity contribution in [3.8, 4) is 5.69 Å². The molecule has 2 heterocycles. The zero-order valence-electron chi connectivity index (χ0n) is 11.3. The Hall–Kier alpha value is -2.27. The molecule has 0 fully saturated rings. The minimum atomic E-state index is 0.488. The van der Waals surface area contributed by atoms with Gasteiger partial charge in [0.2, 0.25) is 0 Å². The Morgan fingerprint density at radius 3 is 2.81 bits per heavy atom. The second kappa shape index (κ2) is 4.36. The lowest BCUT2D eigenvalue weighted by atomic mass is 10.2. The van der Waals surface area contributed by atoms with Crippen LogP contribution in [0.5, 0.6) is 0 Å². The quantitative estimate of drug-likeness (QED) is 0.677. The fourth-order valence-electron chi connectivity index (χ4n) is 3.14. The Morgan fingerprint density at radius 2 is 2.00 bits per heavy atom. The molecule has 0 unspecified atom stereocenters. The Balaban J connectivity index is 2.10. The van der Waals surface area contributed by atoms with Crippen LogP contribution in [0.4, 0.5) is 11.5 Å². The molecule has 106 valence electrons. The number of aryl methyl sites for hydroxylation is 1. The molecule has 4 N–H and O–H groups in total. The Labute approximate surface area is 126 Å². The van der Waals surface area contributed by atoms with Crippen LogP contribution in [0.15, 0.2) is 24.5 Å². The van der Waals surface area contributed by atoms with E-state index >= 15 is 0 Å². The van der Waals surface area contributed by atoms with Crippen LogP contribution in [0.25, 0.3) is 16.7 Å². The van der Waals surface area contributed by atoms with Gasteiger partial charge in [0.05, 0.1) is 16.2 Å². The van der Waals surface area contributed by atoms with Crippen LogP contribution in [-0.4, -0.2) is 14.5 Å². The first-order chi connectivity index (χ1) is 10.2. The number of aromatic nitrogens is 3. The standard InChI is InChI=1S/C15H14ClN5/c16-10-6-8(4-5-11(10)17)21-12-3-1-2-9(12)13-14(21)15(18)20-7-19-13/h4-7H,1-3,17H2,(H2,18,19,20). The molecule has 1 aliphatic carbocycles. The summed E-state index contributed by atoms with van der Waals surface area (Å²) in [6.07, 6.45) is 4.69. The lowest BCUT2D eigenvalue weighted by molar-refractivity contribution is 0.872. The first-order valence-corrected chi connectivity index (χ1v) is 7.22. The van der Waals surface area contributed by atoms with Crippen molar-refractivity contribution in [2.75, 3.05) is 11.5 Å². The zero-order chi connectivity index (χ0) is 14.6. The third kappa shape index (κ3) is 1.70. The number of rotatable bonds is 1. The first kappa shape index (κ1) is 12.5. The summed E-state index contributed by atoms with van der Waals surface area (Å²) in [5.74, 6) is 0.488. The number of fused-ring (bicyclic) bond motifs is 3. The van der Waals surface area contributed by atoms with Gasteiger partial charge in [-0.25, -0.2) is 9.97 Å². The van der Waals surface area contributed by atoms with Crippen molar-refractivity contribution >= 4 is 34.1 Å². The van der Waals surface area contributed by atoms with Gasteiger partial charge in [-0.15, -0.1) is 0 Å². The topological polar surface area (TPSA) is 82.8 Å². The molecule has 4 rings (SSSR count). The van der Waals surface area contributed by atoms with Crippen LogP contribution in [0.1, 0.15) is 17.7 Å². The van der Waals surface area contributed by atoms with Gasteiger partial charge in [0, 0.05) is 11.4 Å². The molecule has 5 nitrogen and oxygen atoms in total. The molecule has 1 aliphatic rings. The highest BCUT2D eigenvalue weighted by molar-refractivity contribution is 6.33. The first-order valence-electron chi connectivity index (χ1n) is 6.85. The van der Waals surface area contributed by atoms with Crippen molar-refractivity contribution in [3.63, 3.8) is 0 Å². The van der Waals surface area contributed by atoms with E-state index in [2.05, 4.69) is 14.5 Å². The Bertz CT molecular complexity index is 868. The monoisotopic (exact) mass is 299 g/mol. The van der Waals surface area contributed by atoms with Gasteiger partial charge in [0.15, 0.2) is 5.82 Å². The van der Waals surface area contributed by atoms with E-state index in [0.29, 0.717) is 16.5 Å². The molecule has 0 amide bonds. The second-order valence-corrected chi connectivity index (χ2v) is 5.68. The van der Waals surface area contributed by atoms with E-state index in [9.17, 15) is 0 Å². The molecule has 21 heavy (non-hydrogen) atoms. The van der Waals surface area contributed by atoms with E-state index in [1.54, 1.807) is 0 Å². The highest BCUT2D eigenvalue weighted by atomic mass is 35.5. The molecule has 0 bridgehead atoms. The molecule has 2 aromatic heterocycles. The normalized spacial score (nSPS) is 13.8. The van der Waals surface area contributed by atoms with Crippen LogP contribution in [0.3, 0.4) is 0 Å². The summed E-state index contributed by atoms with van der Waals surface area (Å²) >= 11 is 6.17. The number of anilines is 2. The molecular weight excluding hydrogens is 286 g/mol. The van der Waals surface area contributed by atoms with Crippen LogP contribution >= 0.6 is 11.6 Å². The smallest absolute Gasteiger partial charge is 0.151 e. The van der Waals surface area contributed by atoms with E-state index in [-0.39, 0.29) is 0 Å². The molecule has 0 saturated heterocycles. The van der Waals surface area contributed by atoms with Gasteiger partial charge in [-0.2, -0.15) is 0 Å². The third-order valence-corrected chi connectivity index (χ3v) is 4.39. The van der Waals surface area contributed by atoms with Crippen molar-refractivity contribution in [2.45, 2.75) is 19.3 Å². The number of hydrogen-bond acceptors (Lipinski definition) is 4. The van der Waals surface area contributed by atoms with Crippen molar-refractivity contribution < 1.29 is 0 Å². The number of halogens is 1. The fraction of sp³-hybridized carbons (Fsp3) is 0.200. The number of nitrogens with zero attached hydrogens (tertiary/aromatic N) is 3. The predicted molar refractivity (Wildman–Crippen MR) is 84.7 cm³/mol. The van der Waals surface area contributed by atoms with Crippen LogP contribution in [-0.2, 0) is 12.8 Å². The SMILES string of the molecule is Nc1ccc(-n2c3c(c4ncnc(N)c42)CCC3)cc1Cl. The maximum absolute atomic E-state index is 6.17. The lowest BCUT2D eigenvalue weighted by Crippen LogP contribution is -2.03. The number of nitrogen functional groups attached to an aromatic ring is 2. The highest BCUT2D eigenvalue weighted by Gasteiger charge is 2.25. The van der Waals surface area contributed by atoms with E-state index in [4.69, 9.17) is 23.1 Å². The minimum absolute atomic E-state index is 0.488. The van der Waals surface area contributed by atoms with Gasteiger partial charge < -0.3 is 16.0 Å². The molecule has 0 saturated carbocycles. The van der Waals surface area contributed by atoms with Crippen LogP contribution in [0.2, 0.25) is 5.02 Å². The largest absolute Gasteiger partial charge is 0.398 e.